The first-order valence-corrected chi connectivity index (χ1v) is 9.32. The van der Waals surface area contributed by atoms with Crippen LogP contribution in [0.1, 0.15) is 44.1 Å². The van der Waals surface area contributed by atoms with Crippen molar-refractivity contribution in [2.24, 2.45) is 17.6 Å². The summed E-state index contributed by atoms with van der Waals surface area (Å²) in [7, 11) is 1.73. The molecular formula is C20H31ClN2O2. The van der Waals surface area contributed by atoms with Gasteiger partial charge in [0.1, 0.15) is 5.75 Å². The number of halogens is 1. The van der Waals surface area contributed by atoms with Crippen molar-refractivity contribution in [3.63, 3.8) is 0 Å². The molecule has 0 bridgehead atoms. The SMILES string of the molecule is COc1ccccc1CC1CCN(C(=O)C[C@@H]2CCC[C@H]2N)CC1.Cl. The van der Waals surface area contributed by atoms with Gasteiger partial charge in [0.2, 0.25) is 5.91 Å². The molecular weight excluding hydrogens is 336 g/mol. The van der Waals surface area contributed by atoms with Crippen molar-refractivity contribution >= 4 is 18.3 Å². The van der Waals surface area contributed by atoms with Crippen LogP contribution >= 0.6 is 12.4 Å². The van der Waals surface area contributed by atoms with E-state index in [0.717, 1.165) is 50.9 Å². The molecule has 140 valence electrons. The number of nitrogens with two attached hydrogens (primary N) is 1. The molecule has 0 spiro atoms. The molecule has 2 atom stereocenters. The second kappa shape index (κ2) is 9.44. The van der Waals surface area contributed by atoms with E-state index in [9.17, 15) is 4.79 Å². The first kappa shape index (κ1) is 20.1. The summed E-state index contributed by atoms with van der Waals surface area (Å²) in [5.74, 6) is 2.34. The van der Waals surface area contributed by atoms with Gasteiger partial charge < -0.3 is 15.4 Å². The van der Waals surface area contributed by atoms with Gasteiger partial charge in [-0.2, -0.15) is 0 Å². The van der Waals surface area contributed by atoms with E-state index in [-0.39, 0.29) is 18.4 Å². The van der Waals surface area contributed by atoms with Crippen LogP contribution in [-0.4, -0.2) is 37.0 Å². The number of benzene rings is 1. The molecule has 1 aliphatic carbocycles. The van der Waals surface area contributed by atoms with Gasteiger partial charge in [0.05, 0.1) is 7.11 Å². The largest absolute Gasteiger partial charge is 0.496 e. The summed E-state index contributed by atoms with van der Waals surface area (Å²) < 4.78 is 5.45. The lowest BCUT2D eigenvalue weighted by molar-refractivity contribution is -0.133. The monoisotopic (exact) mass is 366 g/mol. The van der Waals surface area contributed by atoms with Gasteiger partial charge in [-0.25, -0.2) is 0 Å². The average Bonchev–Trinajstić information content (AvgIpc) is 3.01. The van der Waals surface area contributed by atoms with Crippen LogP contribution in [0.15, 0.2) is 24.3 Å². The number of ether oxygens (including phenoxy) is 1. The van der Waals surface area contributed by atoms with Crippen LogP contribution in [0.2, 0.25) is 0 Å². The van der Waals surface area contributed by atoms with Gasteiger partial charge in [-0.05, 0) is 55.6 Å². The van der Waals surface area contributed by atoms with Crippen LogP contribution in [0.25, 0.3) is 0 Å². The number of hydrogen-bond donors (Lipinski definition) is 1. The number of piperidine rings is 1. The molecule has 25 heavy (non-hydrogen) atoms. The Labute approximate surface area is 157 Å². The molecule has 5 heteroatoms. The number of nitrogens with zero attached hydrogens (tertiary/aromatic N) is 1. The smallest absolute Gasteiger partial charge is 0.222 e. The lowest BCUT2D eigenvalue weighted by atomic mass is 9.89. The second-order valence-corrected chi connectivity index (χ2v) is 7.40. The molecule has 4 nitrogen and oxygen atoms in total. The molecule has 1 saturated carbocycles. The van der Waals surface area contributed by atoms with Crippen LogP contribution < -0.4 is 10.5 Å². The van der Waals surface area contributed by atoms with Crippen molar-refractivity contribution in [3.8, 4) is 5.75 Å². The maximum Gasteiger partial charge on any atom is 0.222 e. The number of likely N-dealkylation sites (tertiary alicyclic amines) is 1. The van der Waals surface area contributed by atoms with Gasteiger partial charge in [-0.1, -0.05) is 24.6 Å². The summed E-state index contributed by atoms with van der Waals surface area (Å²) in [4.78, 5) is 14.6. The Morgan fingerprint density at radius 3 is 2.56 bits per heavy atom. The number of hydrogen-bond acceptors (Lipinski definition) is 3. The quantitative estimate of drug-likeness (QED) is 0.868. The Morgan fingerprint density at radius 2 is 1.92 bits per heavy atom. The first-order valence-electron chi connectivity index (χ1n) is 9.32. The molecule has 2 aliphatic rings. The standard InChI is InChI=1S/C20H30N2O2.ClH/c1-24-19-8-3-2-5-17(19)13-15-9-11-22(12-10-15)20(23)14-16-6-4-7-18(16)21;/h2-3,5,8,15-16,18H,4,6-7,9-14,21H2,1H3;1H/t16-,18+;/m0./s1. The number of rotatable bonds is 5. The van der Waals surface area contributed by atoms with E-state index in [4.69, 9.17) is 10.5 Å². The number of carbonyl (C=O) groups excluding carboxylic acids is 1. The van der Waals surface area contributed by atoms with Crippen LogP contribution in [0, 0.1) is 11.8 Å². The summed E-state index contributed by atoms with van der Waals surface area (Å²) in [5.41, 5.74) is 7.39. The predicted molar refractivity (Wildman–Crippen MR) is 103 cm³/mol. The fourth-order valence-electron chi connectivity index (χ4n) is 4.24. The van der Waals surface area contributed by atoms with Crippen molar-refractivity contribution in [1.82, 2.24) is 4.90 Å². The van der Waals surface area contributed by atoms with Crippen LogP contribution in [-0.2, 0) is 11.2 Å². The van der Waals surface area contributed by atoms with E-state index in [1.165, 1.54) is 12.0 Å². The lowest BCUT2D eigenvalue weighted by Gasteiger charge is -2.33. The minimum absolute atomic E-state index is 0. The fourth-order valence-corrected chi connectivity index (χ4v) is 4.24. The van der Waals surface area contributed by atoms with Gasteiger partial charge in [0.15, 0.2) is 0 Å². The molecule has 0 radical (unpaired) electrons. The number of amides is 1. The Bertz CT molecular complexity index is 558. The van der Waals surface area contributed by atoms with E-state index in [1.807, 2.05) is 12.1 Å². The molecule has 0 unspecified atom stereocenters. The maximum absolute atomic E-state index is 12.5. The topological polar surface area (TPSA) is 55.6 Å². The zero-order valence-electron chi connectivity index (χ0n) is 15.2. The third kappa shape index (κ3) is 5.11. The zero-order chi connectivity index (χ0) is 16.9. The Hall–Kier alpha value is -1.26. The molecule has 1 aromatic rings. The van der Waals surface area contributed by atoms with Gasteiger partial charge >= 0.3 is 0 Å². The second-order valence-electron chi connectivity index (χ2n) is 7.40. The highest BCUT2D eigenvalue weighted by molar-refractivity contribution is 5.85. The summed E-state index contributed by atoms with van der Waals surface area (Å²) >= 11 is 0. The maximum atomic E-state index is 12.5. The molecule has 1 amide bonds. The third-order valence-corrected chi connectivity index (χ3v) is 5.82. The highest BCUT2D eigenvalue weighted by atomic mass is 35.5. The van der Waals surface area contributed by atoms with Crippen LogP contribution in [0.3, 0.4) is 0 Å². The minimum Gasteiger partial charge on any atom is -0.496 e. The highest BCUT2D eigenvalue weighted by Crippen LogP contribution is 2.30. The summed E-state index contributed by atoms with van der Waals surface area (Å²) in [6.07, 6.45) is 7.25. The number of para-hydroxylation sites is 1. The van der Waals surface area contributed by atoms with Crippen LogP contribution in [0.5, 0.6) is 5.75 Å². The Kier molecular flexibility index (Phi) is 7.57. The minimum atomic E-state index is 0. The van der Waals surface area contributed by atoms with E-state index in [0.29, 0.717) is 24.2 Å². The third-order valence-electron chi connectivity index (χ3n) is 5.82. The molecule has 1 aromatic carbocycles. The molecule has 3 rings (SSSR count). The molecule has 2 fully saturated rings. The molecule has 1 saturated heterocycles. The van der Waals surface area contributed by atoms with Crippen molar-refractivity contribution < 1.29 is 9.53 Å². The van der Waals surface area contributed by atoms with Gasteiger partial charge in [-0.3, -0.25) is 4.79 Å². The van der Waals surface area contributed by atoms with E-state index in [2.05, 4.69) is 17.0 Å². The zero-order valence-corrected chi connectivity index (χ0v) is 16.0. The van der Waals surface area contributed by atoms with E-state index >= 15 is 0 Å². The van der Waals surface area contributed by atoms with Crippen molar-refractivity contribution in [2.45, 2.75) is 51.0 Å². The van der Waals surface area contributed by atoms with Crippen molar-refractivity contribution in [1.29, 1.82) is 0 Å². The Balaban J connectivity index is 0.00000225. The number of carbonyl (C=O) groups is 1. The average molecular weight is 367 g/mol. The first-order chi connectivity index (χ1) is 11.7. The summed E-state index contributed by atoms with van der Waals surface area (Å²) in [6.45, 7) is 1.78. The lowest BCUT2D eigenvalue weighted by Crippen LogP contribution is -2.40. The van der Waals surface area contributed by atoms with Gasteiger partial charge in [-0.15, -0.1) is 12.4 Å². The van der Waals surface area contributed by atoms with Crippen molar-refractivity contribution in [2.75, 3.05) is 20.2 Å². The highest BCUT2D eigenvalue weighted by Gasteiger charge is 2.29. The fraction of sp³-hybridized carbons (Fsp3) is 0.650. The van der Waals surface area contributed by atoms with E-state index in [1.54, 1.807) is 7.11 Å². The molecule has 0 aromatic heterocycles. The number of methoxy groups -OCH3 is 1. The van der Waals surface area contributed by atoms with Gasteiger partial charge in [0.25, 0.3) is 0 Å². The van der Waals surface area contributed by atoms with E-state index < -0.39 is 0 Å². The summed E-state index contributed by atoms with van der Waals surface area (Å²) in [5, 5.41) is 0. The Morgan fingerprint density at radius 1 is 1.20 bits per heavy atom. The molecule has 1 aliphatic heterocycles. The molecule has 2 N–H and O–H groups in total. The van der Waals surface area contributed by atoms with Gasteiger partial charge in [0, 0.05) is 25.6 Å². The van der Waals surface area contributed by atoms with Crippen LogP contribution in [0.4, 0.5) is 0 Å². The van der Waals surface area contributed by atoms with Crippen molar-refractivity contribution in [3.05, 3.63) is 29.8 Å². The normalized spacial score (nSPS) is 24.0. The predicted octanol–water partition coefficient (Wildman–Crippen LogP) is 3.42. The summed E-state index contributed by atoms with van der Waals surface area (Å²) in [6, 6.07) is 8.49. The molecule has 1 heterocycles.